The van der Waals surface area contributed by atoms with Crippen molar-refractivity contribution >= 4 is 40.0 Å². The van der Waals surface area contributed by atoms with Gasteiger partial charge in [0, 0.05) is 28.2 Å². The van der Waals surface area contributed by atoms with Crippen LogP contribution in [0.15, 0.2) is 48.5 Å². The Hall–Kier alpha value is -2.99. The van der Waals surface area contributed by atoms with Gasteiger partial charge in [-0.3, -0.25) is 14.5 Å². The van der Waals surface area contributed by atoms with Gasteiger partial charge in [0.15, 0.2) is 0 Å². The number of nitrogens with zero attached hydrogens (tertiary/aromatic N) is 2. The van der Waals surface area contributed by atoms with E-state index in [0.29, 0.717) is 28.7 Å². The molecule has 5 rings (SSSR count). The minimum Gasteiger partial charge on any atom is -0.497 e. The Morgan fingerprint density at radius 1 is 1.09 bits per heavy atom. The van der Waals surface area contributed by atoms with Gasteiger partial charge in [-0.2, -0.15) is 0 Å². The van der Waals surface area contributed by atoms with E-state index in [1.54, 1.807) is 24.1 Å². The number of nitrogens with one attached hydrogen (secondary N) is 1. The minimum absolute atomic E-state index is 0.131. The van der Waals surface area contributed by atoms with Crippen molar-refractivity contribution < 1.29 is 14.3 Å². The predicted octanol–water partition coefficient (Wildman–Crippen LogP) is 5.56. The van der Waals surface area contributed by atoms with E-state index in [1.165, 1.54) is 12.8 Å². The molecule has 3 aromatic rings. The van der Waals surface area contributed by atoms with Crippen LogP contribution in [0.1, 0.15) is 55.9 Å². The van der Waals surface area contributed by atoms with Gasteiger partial charge in [0.05, 0.1) is 19.2 Å². The van der Waals surface area contributed by atoms with Crippen LogP contribution in [0.3, 0.4) is 0 Å². The molecule has 1 saturated carbocycles. The number of hydrogen-bond acceptors (Lipinski definition) is 3. The molecule has 2 aromatic carbocycles. The van der Waals surface area contributed by atoms with Gasteiger partial charge in [-0.1, -0.05) is 43.4 Å². The number of anilines is 1. The van der Waals surface area contributed by atoms with E-state index in [4.69, 9.17) is 16.3 Å². The van der Waals surface area contributed by atoms with Gasteiger partial charge < -0.3 is 14.6 Å². The number of ether oxygens (including phenoxy) is 1. The summed E-state index contributed by atoms with van der Waals surface area (Å²) < 4.78 is 7.37. The molecule has 1 aliphatic heterocycles. The van der Waals surface area contributed by atoms with Crippen molar-refractivity contribution in [2.24, 2.45) is 0 Å². The van der Waals surface area contributed by atoms with Crippen LogP contribution in [-0.4, -0.2) is 35.1 Å². The lowest BCUT2D eigenvalue weighted by Crippen LogP contribution is -2.65. The van der Waals surface area contributed by atoms with Gasteiger partial charge in [0.25, 0.3) is 5.91 Å². The topological polar surface area (TPSA) is 63.6 Å². The summed E-state index contributed by atoms with van der Waals surface area (Å²) in [5.41, 5.74) is 0.908. The summed E-state index contributed by atoms with van der Waals surface area (Å²) in [5, 5.41) is 4.75. The standard InChI is InChI=1S/C27H30ClN3O3/c1-27(26(33)29-20-9-5-3-4-6-10-20)17-30-23-16-22(34-2)13-12-18(23)14-24(30)25(32)31(27)21-11-7-8-19(28)15-21/h7-8,11-16,20H,3-6,9-10,17H2,1-2H3,(H,29,33). The number of fused-ring (bicyclic) bond motifs is 3. The molecule has 2 heterocycles. The van der Waals surface area contributed by atoms with Gasteiger partial charge in [-0.15, -0.1) is 0 Å². The molecule has 7 heteroatoms. The molecule has 1 atom stereocenters. The summed E-state index contributed by atoms with van der Waals surface area (Å²) in [4.78, 5) is 29.5. The van der Waals surface area contributed by atoms with Crippen LogP contribution >= 0.6 is 11.6 Å². The second-order valence-corrected chi connectivity index (χ2v) is 10.0. The van der Waals surface area contributed by atoms with Crippen molar-refractivity contribution in [3.63, 3.8) is 0 Å². The first-order valence-electron chi connectivity index (χ1n) is 12.0. The zero-order chi connectivity index (χ0) is 23.9. The van der Waals surface area contributed by atoms with Gasteiger partial charge >= 0.3 is 0 Å². The number of benzene rings is 2. The molecule has 1 N–H and O–H groups in total. The third-order valence-electron chi connectivity index (χ3n) is 7.24. The second kappa shape index (κ2) is 8.99. The molecule has 1 fully saturated rings. The average Bonchev–Trinajstić information content (AvgIpc) is 2.98. The molecule has 34 heavy (non-hydrogen) atoms. The molecular weight excluding hydrogens is 450 g/mol. The Morgan fingerprint density at radius 3 is 2.56 bits per heavy atom. The maximum Gasteiger partial charge on any atom is 0.275 e. The molecule has 1 unspecified atom stereocenters. The van der Waals surface area contributed by atoms with E-state index < -0.39 is 5.54 Å². The largest absolute Gasteiger partial charge is 0.497 e. The Balaban J connectivity index is 1.61. The van der Waals surface area contributed by atoms with Crippen molar-refractivity contribution in [2.45, 2.75) is 63.6 Å². The number of hydrogen-bond donors (Lipinski definition) is 1. The highest BCUT2D eigenvalue weighted by Crippen LogP contribution is 2.37. The fraction of sp³-hybridized carbons (Fsp3) is 0.407. The van der Waals surface area contributed by atoms with Crippen molar-refractivity contribution in [1.29, 1.82) is 0 Å². The first-order chi connectivity index (χ1) is 16.4. The number of methoxy groups -OCH3 is 1. The van der Waals surface area contributed by atoms with Crippen molar-refractivity contribution in [3.05, 3.63) is 59.2 Å². The van der Waals surface area contributed by atoms with E-state index >= 15 is 0 Å². The van der Waals surface area contributed by atoms with Gasteiger partial charge in [-0.05, 0) is 56.2 Å². The van der Waals surface area contributed by atoms with E-state index in [9.17, 15) is 9.59 Å². The molecule has 1 aromatic heterocycles. The van der Waals surface area contributed by atoms with Crippen LogP contribution in [0.25, 0.3) is 10.9 Å². The molecule has 0 saturated heterocycles. The Kier molecular flexibility index (Phi) is 6.02. The molecule has 2 amide bonds. The van der Waals surface area contributed by atoms with E-state index in [-0.39, 0.29) is 17.9 Å². The second-order valence-electron chi connectivity index (χ2n) is 9.60. The summed E-state index contributed by atoms with van der Waals surface area (Å²) in [5.74, 6) is 0.355. The SMILES string of the molecule is COc1ccc2cc3n(c2c1)CC(C)(C(=O)NC1CCCCCC1)N(c1cccc(Cl)c1)C3=O. The molecular formula is C27H30ClN3O3. The predicted molar refractivity (Wildman–Crippen MR) is 135 cm³/mol. The maximum atomic E-state index is 14.0. The monoisotopic (exact) mass is 479 g/mol. The summed E-state index contributed by atoms with van der Waals surface area (Å²) in [6.45, 7) is 2.18. The van der Waals surface area contributed by atoms with E-state index in [2.05, 4.69) is 5.32 Å². The Labute approximate surface area is 204 Å². The number of carbonyl (C=O) groups excluding carboxylic acids is 2. The van der Waals surface area contributed by atoms with Crippen molar-refractivity contribution in [1.82, 2.24) is 9.88 Å². The number of amides is 2. The molecule has 0 spiro atoms. The van der Waals surface area contributed by atoms with Crippen LogP contribution in [0.2, 0.25) is 5.02 Å². The highest BCUT2D eigenvalue weighted by atomic mass is 35.5. The zero-order valence-electron chi connectivity index (χ0n) is 19.6. The first kappa shape index (κ1) is 22.8. The molecule has 2 aliphatic rings. The lowest BCUT2D eigenvalue weighted by Gasteiger charge is -2.44. The Morgan fingerprint density at radius 2 is 1.85 bits per heavy atom. The average molecular weight is 480 g/mol. The molecule has 178 valence electrons. The zero-order valence-corrected chi connectivity index (χ0v) is 20.4. The third-order valence-corrected chi connectivity index (χ3v) is 7.47. The van der Waals surface area contributed by atoms with Gasteiger partial charge in [-0.25, -0.2) is 0 Å². The number of carbonyl (C=O) groups is 2. The van der Waals surface area contributed by atoms with Crippen LogP contribution in [0.4, 0.5) is 5.69 Å². The normalized spacial score (nSPS) is 21.3. The molecule has 1 aliphatic carbocycles. The van der Waals surface area contributed by atoms with Crippen molar-refractivity contribution in [2.75, 3.05) is 12.0 Å². The van der Waals surface area contributed by atoms with Crippen LogP contribution in [0, 0.1) is 0 Å². The van der Waals surface area contributed by atoms with Gasteiger partial charge in [0.2, 0.25) is 5.91 Å². The third kappa shape index (κ3) is 3.94. The molecule has 0 bridgehead atoms. The van der Waals surface area contributed by atoms with E-state index in [0.717, 1.165) is 36.6 Å². The number of rotatable bonds is 4. The van der Waals surface area contributed by atoms with E-state index in [1.807, 2.05) is 47.9 Å². The summed E-state index contributed by atoms with van der Waals surface area (Å²) in [6.07, 6.45) is 6.59. The summed E-state index contributed by atoms with van der Waals surface area (Å²) >= 11 is 6.30. The van der Waals surface area contributed by atoms with Crippen LogP contribution < -0.4 is 15.0 Å². The summed E-state index contributed by atoms with van der Waals surface area (Å²) in [6, 6.07) is 14.9. The van der Waals surface area contributed by atoms with Crippen LogP contribution in [0.5, 0.6) is 5.75 Å². The fourth-order valence-electron chi connectivity index (χ4n) is 5.38. The highest BCUT2D eigenvalue weighted by Gasteiger charge is 2.49. The first-order valence-corrected chi connectivity index (χ1v) is 12.4. The smallest absolute Gasteiger partial charge is 0.275 e. The van der Waals surface area contributed by atoms with Crippen LogP contribution in [-0.2, 0) is 11.3 Å². The number of aromatic nitrogens is 1. The maximum absolute atomic E-state index is 14.0. The lowest BCUT2D eigenvalue weighted by atomic mass is 9.92. The fourth-order valence-corrected chi connectivity index (χ4v) is 5.57. The van der Waals surface area contributed by atoms with Gasteiger partial charge in [0.1, 0.15) is 17.0 Å². The molecule has 0 radical (unpaired) electrons. The lowest BCUT2D eigenvalue weighted by molar-refractivity contribution is -0.127. The molecule has 6 nitrogen and oxygen atoms in total. The Bertz CT molecular complexity index is 1250. The minimum atomic E-state index is -1.13. The number of halogens is 1. The van der Waals surface area contributed by atoms with Crippen molar-refractivity contribution in [3.8, 4) is 5.75 Å². The summed E-state index contributed by atoms with van der Waals surface area (Å²) in [7, 11) is 1.62. The highest BCUT2D eigenvalue weighted by molar-refractivity contribution is 6.31. The quantitative estimate of drug-likeness (QED) is 0.498.